The van der Waals surface area contributed by atoms with E-state index in [1.165, 1.54) is 6.92 Å². The fourth-order valence-electron chi connectivity index (χ4n) is 2.04. The quantitative estimate of drug-likeness (QED) is 0.626. The second-order valence-corrected chi connectivity index (χ2v) is 6.34. The summed E-state index contributed by atoms with van der Waals surface area (Å²) in [5, 5.41) is 1.80. The van der Waals surface area contributed by atoms with Crippen LogP contribution in [0.3, 0.4) is 0 Å². The van der Waals surface area contributed by atoms with Gasteiger partial charge in [0.25, 0.3) is 10.1 Å². The lowest BCUT2D eigenvalue weighted by atomic mass is 10.0. The molecule has 0 saturated heterocycles. The Balaban J connectivity index is 2.32. The average molecular weight is 308 g/mol. The van der Waals surface area contributed by atoms with Gasteiger partial charge in [0.05, 0.1) is 13.4 Å². The molecule has 0 spiro atoms. The van der Waals surface area contributed by atoms with Gasteiger partial charge in [0.1, 0.15) is 11.9 Å². The molecular formula is C15H16O5S. The Hall–Kier alpha value is -1.92. The molecule has 6 heteroatoms. The fraction of sp³-hybridized carbons (Fsp3) is 0.267. The van der Waals surface area contributed by atoms with Crippen LogP contribution in [0.2, 0.25) is 0 Å². The smallest absolute Gasteiger partial charge is 0.265 e. The van der Waals surface area contributed by atoms with Crippen LogP contribution in [0, 0.1) is 0 Å². The maximum absolute atomic E-state index is 12.2. The van der Waals surface area contributed by atoms with E-state index >= 15 is 0 Å². The van der Waals surface area contributed by atoms with Gasteiger partial charge in [0.2, 0.25) is 0 Å². The van der Waals surface area contributed by atoms with Crippen molar-refractivity contribution in [2.75, 3.05) is 13.4 Å². The van der Waals surface area contributed by atoms with Gasteiger partial charge in [-0.05, 0) is 35.9 Å². The predicted octanol–water partition coefficient (Wildman–Crippen LogP) is 2.40. The molecule has 0 aromatic heterocycles. The lowest BCUT2D eigenvalue weighted by Gasteiger charge is -2.11. The highest BCUT2D eigenvalue weighted by molar-refractivity contribution is 7.86. The number of carbonyl (C=O) groups excluding carboxylic acids is 1. The molecule has 112 valence electrons. The standard InChI is InChI=1S/C15H16O5S/c1-10(20-21(3,17)18)15(16)13-5-4-12-9-14(19-2)7-6-11(12)8-13/h4-10H,1-3H3/t10-/m1/s1. The second-order valence-electron chi connectivity index (χ2n) is 4.73. The van der Waals surface area contributed by atoms with Gasteiger partial charge in [-0.1, -0.05) is 18.2 Å². The molecule has 0 aliphatic carbocycles. The van der Waals surface area contributed by atoms with Crippen molar-refractivity contribution in [1.29, 1.82) is 0 Å². The van der Waals surface area contributed by atoms with Crippen LogP contribution >= 0.6 is 0 Å². The van der Waals surface area contributed by atoms with Crippen molar-refractivity contribution in [1.82, 2.24) is 0 Å². The molecular weight excluding hydrogens is 292 g/mol. The first-order valence-electron chi connectivity index (χ1n) is 6.30. The molecule has 2 rings (SSSR count). The van der Waals surface area contributed by atoms with Crippen LogP contribution < -0.4 is 4.74 Å². The molecule has 0 bridgehead atoms. The Labute approximate surface area is 123 Å². The molecule has 2 aromatic rings. The maximum atomic E-state index is 12.2. The molecule has 0 aliphatic rings. The highest BCUT2D eigenvalue weighted by Crippen LogP contribution is 2.22. The number of hydrogen-bond donors (Lipinski definition) is 0. The zero-order valence-electron chi connectivity index (χ0n) is 12.0. The number of carbonyl (C=O) groups is 1. The molecule has 0 heterocycles. The number of methoxy groups -OCH3 is 1. The predicted molar refractivity (Wildman–Crippen MR) is 80.2 cm³/mol. The largest absolute Gasteiger partial charge is 0.497 e. The number of Topliss-reactive ketones (excluding diaryl/α,β-unsaturated/α-hetero) is 1. The topological polar surface area (TPSA) is 69.7 Å². The van der Waals surface area contributed by atoms with Gasteiger partial charge in [0.15, 0.2) is 5.78 Å². The van der Waals surface area contributed by atoms with Crippen molar-refractivity contribution in [3.8, 4) is 5.75 Å². The highest BCUT2D eigenvalue weighted by atomic mass is 32.2. The molecule has 0 saturated carbocycles. The van der Waals surface area contributed by atoms with Gasteiger partial charge in [-0.3, -0.25) is 8.98 Å². The highest BCUT2D eigenvalue weighted by Gasteiger charge is 2.20. The van der Waals surface area contributed by atoms with E-state index in [-0.39, 0.29) is 5.78 Å². The minimum absolute atomic E-state index is 0.377. The Bertz CT molecular complexity index is 780. The Kier molecular flexibility index (Phi) is 4.29. The molecule has 5 nitrogen and oxygen atoms in total. The van der Waals surface area contributed by atoms with E-state index in [0.717, 1.165) is 22.8 Å². The minimum atomic E-state index is -3.67. The molecule has 0 N–H and O–H groups in total. The summed E-state index contributed by atoms with van der Waals surface area (Å²) in [6.07, 6.45) is -0.126. The van der Waals surface area contributed by atoms with E-state index in [4.69, 9.17) is 8.92 Å². The van der Waals surface area contributed by atoms with Crippen molar-refractivity contribution in [3.05, 3.63) is 42.0 Å². The molecule has 0 amide bonds. The summed E-state index contributed by atoms with van der Waals surface area (Å²) in [6.45, 7) is 1.42. The molecule has 0 fully saturated rings. The third-order valence-electron chi connectivity index (χ3n) is 3.02. The van der Waals surface area contributed by atoms with E-state index in [2.05, 4.69) is 0 Å². The number of rotatable bonds is 5. The molecule has 21 heavy (non-hydrogen) atoms. The Morgan fingerprint density at radius 1 is 1.10 bits per heavy atom. The van der Waals surface area contributed by atoms with E-state index in [1.807, 2.05) is 12.1 Å². The van der Waals surface area contributed by atoms with Gasteiger partial charge in [0, 0.05) is 5.56 Å². The van der Waals surface area contributed by atoms with Crippen molar-refractivity contribution in [3.63, 3.8) is 0 Å². The summed E-state index contributed by atoms with van der Waals surface area (Å²) >= 11 is 0. The first-order valence-corrected chi connectivity index (χ1v) is 8.12. The zero-order chi connectivity index (χ0) is 15.6. The summed E-state index contributed by atoms with van der Waals surface area (Å²) in [4.78, 5) is 12.2. The van der Waals surface area contributed by atoms with Crippen LogP contribution in [0.4, 0.5) is 0 Å². The first kappa shape index (κ1) is 15.5. The SMILES string of the molecule is COc1ccc2cc(C(=O)[C@@H](C)OS(C)(=O)=O)ccc2c1. The molecule has 2 aromatic carbocycles. The number of ether oxygens (including phenoxy) is 1. The fourth-order valence-corrected chi connectivity index (χ4v) is 2.66. The molecule has 0 radical (unpaired) electrons. The van der Waals surface area contributed by atoms with Gasteiger partial charge >= 0.3 is 0 Å². The lowest BCUT2D eigenvalue weighted by Crippen LogP contribution is -2.23. The van der Waals surface area contributed by atoms with Gasteiger partial charge in [-0.15, -0.1) is 0 Å². The minimum Gasteiger partial charge on any atom is -0.497 e. The molecule has 0 aliphatic heterocycles. The van der Waals surface area contributed by atoms with E-state index in [9.17, 15) is 13.2 Å². The summed E-state index contributed by atoms with van der Waals surface area (Å²) in [5.74, 6) is 0.355. The third-order valence-corrected chi connectivity index (χ3v) is 3.66. The Morgan fingerprint density at radius 2 is 1.71 bits per heavy atom. The Morgan fingerprint density at radius 3 is 2.33 bits per heavy atom. The number of hydrogen-bond acceptors (Lipinski definition) is 5. The van der Waals surface area contributed by atoms with Gasteiger partial charge in [-0.25, -0.2) is 0 Å². The summed E-state index contributed by atoms with van der Waals surface area (Å²) in [6, 6.07) is 10.6. The first-order chi connectivity index (χ1) is 9.80. The van der Waals surface area contributed by atoms with Crippen molar-refractivity contribution in [2.45, 2.75) is 13.0 Å². The van der Waals surface area contributed by atoms with Crippen molar-refractivity contribution >= 4 is 26.7 Å². The number of ketones is 1. The van der Waals surface area contributed by atoms with Crippen LogP contribution in [0.15, 0.2) is 36.4 Å². The summed E-state index contributed by atoms with van der Waals surface area (Å²) in [5.41, 5.74) is 0.406. The normalized spacial score (nSPS) is 13.1. The number of benzene rings is 2. The van der Waals surface area contributed by atoms with Crippen molar-refractivity contribution < 1.29 is 22.1 Å². The van der Waals surface area contributed by atoms with E-state index in [0.29, 0.717) is 5.56 Å². The maximum Gasteiger partial charge on any atom is 0.265 e. The monoisotopic (exact) mass is 308 g/mol. The summed E-state index contributed by atoms with van der Waals surface area (Å²) in [7, 11) is -2.08. The van der Waals surface area contributed by atoms with E-state index in [1.54, 1.807) is 31.4 Å². The van der Waals surface area contributed by atoms with Crippen molar-refractivity contribution in [2.24, 2.45) is 0 Å². The van der Waals surface area contributed by atoms with E-state index < -0.39 is 16.2 Å². The molecule has 1 atom stereocenters. The van der Waals surface area contributed by atoms with Crippen LogP contribution in [0.25, 0.3) is 10.8 Å². The van der Waals surface area contributed by atoms with Crippen LogP contribution in [0.5, 0.6) is 5.75 Å². The molecule has 0 unspecified atom stereocenters. The average Bonchev–Trinajstić information content (AvgIpc) is 2.43. The zero-order valence-corrected chi connectivity index (χ0v) is 12.8. The summed E-state index contributed by atoms with van der Waals surface area (Å²) < 4.78 is 32.0. The third kappa shape index (κ3) is 3.80. The van der Waals surface area contributed by atoms with Gasteiger partial charge in [-0.2, -0.15) is 8.42 Å². The number of fused-ring (bicyclic) bond motifs is 1. The van der Waals surface area contributed by atoms with Gasteiger partial charge < -0.3 is 4.74 Å². The van der Waals surface area contributed by atoms with Crippen LogP contribution in [-0.4, -0.2) is 33.7 Å². The van der Waals surface area contributed by atoms with Crippen LogP contribution in [0.1, 0.15) is 17.3 Å². The van der Waals surface area contributed by atoms with Crippen LogP contribution in [-0.2, 0) is 14.3 Å². The second kappa shape index (κ2) is 5.83. The lowest BCUT2D eigenvalue weighted by molar-refractivity contribution is 0.0827.